The molecule has 1 atom stereocenters. The fraction of sp³-hybridized carbons (Fsp3) is 0.500. The molecule has 0 saturated carbocycles. The Morgan fingerprint density at radius 1 is 1.25 bits per heavy atom. The minimum Gasteiger partial charge on any atom is -0.354 e. The lowest BCUT2D eigenvalue weighted by Crippen LogP contribution is -2.38. The summed E-state index contributed by atoms with van der Waals surface area (Å²) in [6, 6.07) is 10.5. The number of hydrogen-bond donors (Lipinski definition) is 1. The van der Waals surface area contributed by atoms with Crippen LogP contribution >= 0.6 is 11.8 Å². The number of amides is 1. The number of anilines is 1. The second-order valence-corrected chi connectivity index (χ2v) is 8.18. The molecule has 150 valence electrons. The second kappa shape index (κ2) is 9.92. The van der Waals surface area contributed by atoms with Crippen molar-refractivity contribution in [2.24, 2.45) is 0 Å². The van der Waals surface area contributed by atoms with Crippen molar-refractivity contribution >= 4 is 23.5 Å². The Hall–Kier alpha value is -2.08. The number of carbonyl (C=O) groups excluding carboxylic acids is 1. The van der Waals surface area contributed by atoms with Crippen molar-refractivity contribution in [3.05, 3.63) is 47.2 Å². The maximum absolute atomic E-state index is 12.1. The molecule has 0 spiro atoms. The van der Waals surface area contributed by atoms with Gasteiger partial charge >= 0.3 is 0 Å². The number of aryl methyl sites for hydroxylation is 1. The maximum atomic E-state index is 12.1. The maximum Gasteiger partial charge on any atom is 0.251 e. The number of rotatable bonds is 7. The lowest BCUT2D eigenvalue weighted by atomic mass is 10.0. The molecule has 1 fully saturated rings. The molecule has 0 aliphatic carbocycles. The van der Waals surface area contributed by atoms with Crippen molar-refractivity contribution in [1.82, 2.24) is 15.3 Å². The van der Waals surface area contributed by atoms with E-state index in [1.165, 1.54) is 19.3 Å². The van der Waals surface area contributed by atoms with E-state index in [0.717, 1.165) is 41.0 Å². The zero-order valence-electron chi connectivity index (χ0n) is 17.1. The predicted octanol–water partition coefficient (Wildman–Crippen LogP) is 4.46. The SMILES string of the molecule is CCNC(=O)c1cccc(CSc2nc(CC)cc(N3CCCCC3C)n2)c1. The summed E-state index contributed by atoms with van der Waals surface area (Å²) in [6.07, 6.45) is 4.65. The second-order valence-electron chi connectivity index (χ2n) is 7.24. The first-order valence-electron chi connectivity index (χ1n) is 10.2. The van der Waals surface area contributed by atoms with E-state index in [9.17, 15) is 4.79 Å². The highest BCUT2D eigenvalue weighted by molar-refractivity contribution is 7.98. The van der Waals surface area contributed by atoms with Gasteiger partial charge in [-0.05, 0) is 57.2 Å². The van der Waals surface area contributed by atoms with Crippen LogP contribution in [-0.2, 0) is 12.2 Å². The monoisotopic (exact) mass is 398 g/mol. The topological polar surface area (TPSA) is 58.1 Å². The van der Waals surface area contributed by atoms with Gasteiger partial charge in [0.05, 0.1) is 0 Å². The molecule has 2 heterocycles. The van der Waals surface area contributed by atoms with Crippen molar-refractivity contribution in [3.63, 3.8) is 0 Å². The molecular weight excluding hydrogens is 368 g/mol. The summed E-state index contributed by atoms with van der Waals surface area (Å²) < 4.78 is 0. The summed E-state index contributed by atoms with van der Waals surface area (Å²) in [5.74, 6) is 1.77. The van der Waals surface area contributed by atoms with E-state index in [2.05, 4.69) is 30.1 Å². The van der Waals surface area contributed by atoms with Crippen LogP contribution in [-0.4, -0.2) is 35.0 Å². The number of carbonyl (C=O) groups is 1. The van der Waals surface area contributed by atoms with Gasteiger partial charge in [0.25, 0.3) is 5.91 Å². The van der Waals surface area contributed by atoms with Crippen molar-refractivity contribution in [2.75, 3.05) is 18.0 Å². The van der Waals surface area contributed by atoms with E-state index in [1.54, 1.807) is 11.8 Å². The number of benzene rings is 1. The largest absolute Gasteiger partial charge is 0.354 e. The van der Waals surface area contributed by atoms with E-state index in [4.69, 9.17) is 9.97 Å². The third-order valence-corrected chi connectivity index (χ3v) is 6.02. The van der Waals surface area contributed by atoms with Gasteiger partial charge in [-0.25, -0.2) is 9.97 Å². The van der Waals surface area contributed by atoms with Crippen LogP contribution in [0.1, 0.15) is 61.6 Å². The van der Waals surface area contributed by atoms with E-state index < -0.39 is 0 Å². The Balaban J connectivity index is 1.74. The van der Waals surface area contributed by atoms with Gasteiger partial charge in [-0.1, -0.05) is 30.8 Å². The number of thioether (sulfide) groups is 1. The van der Waals surface area contributed by atoms with Crippen molar-refractivity contribution in [3.8, 4) is 0 Å². The van der Waals surface area contributed by atoms with Crippen LogP contribution in [0.25, 0.3) is 0 Å². The predicted molar refractivity (Wildman–Crippen MR) is 116 cm³/mol. The molecular formula is C22H30N4OS. The van der Waals surface area contributed by atoms with E-state index in [0.29, 0.717) is 18.2 Å². The van der Waals surface area contributed by atoms with Crippen LogP contribution in [0.5, 0.6) is 0 Å². The lowest BCUT2D eigenvalue weighted by molar-refractivity contribution is 0.0955. The lowest BCUT2D eigenvalue weighted by Gasteiger charge is -2.34. The molecule has 1 aromatic heterocycles. The zero-order valence-corrected chi connectivity index (χ0v) is 17.9. The van der Waals surface area contributed by atoms with Gasteiger partial charge in [0.1, 0.15) is 5.82 Å². The van der Waals surface area contributed by atoms with Crippen LogP contribution in [0.4, 0.5) is 5.82 Å². The molecule has 5 nitrogen and oxygen atoms in total. The molecule has 1 aliphatic heterocycles. The number of piperidine rings is 1. The van der Waals surface area contributed by atoms with Gasteiger partial charge in [0.2, 0.25) is 0 Å². The highest BCUT2D eigenvalue weighted by Gasteiger charge is 2.21. The Kier molecular flexibility index (Phi) is 7.31. The minimum absolute atomic E-state index is 0.0278. The quantitative estimate of drug-likeness (QED) is 0.551. The summed E-state index contributed by atoms with van der Waals surface area (Å²) in [4.78, 5) is 24.1. The number of nitrogens with one attached hydrogen (secondary N) is 1. The highest BCUT2D eigenvalue weighted by Crippen LogP contribution is 2.27. The molecule has 6 heteroatoms. The van der Waals surface area contributed by atoms with Gasteiger partial charge in [-0.2, -0.15) is 0 Å². The first-order chi connectivity index (χ1) is 13.6. The molecule has 3 rings (SSSR count). The summed E-state index contributed by atoms with van der Waals surface area (Å²) >= 11 is 1.64. The molecule has 1 unspecified atom stereocenters. The first-order valence-corrected chi connectivity index (χ1v) is 11.2. The summed E-state index contributed by atoms with van der Waals surface area (Å²) in [7, 11) is 0. The average molecular weight is 399 g/mol. The molecule has 0 bridgehead atoms. The summed E-state index contributed by atoms with van der Waals surface area (Å²) in [5.41, 5.74) is 2.89. The van der Waals surface area contributed by atoms with Gasteiger partial charge in [-0.15, -0.1) is 0 Å². The number of hydrogen-bond acceptors (Lipinski definition) is 5. The third kappa shape index (κ3) is 5.25. The Morgan fingerprint density at radius 3 is 2.86 bits per heavy atom. The number of aromatic nitrogens is 2. The van der Waals surface area contributed by atoms with Crippen LogP contribution in [0.15, 0.2) is 35.5 Å². The average Bonchev–Trinajstić information content (AvgIpc) is 2.72. The fourth-order valence-electron chi connectivity index (χ4n) is 3.50. The highest BCUT2D eigenvalue weighted by atomic mass is 32.2. The molecule has 0 radical (unpaired) electrons. The van der Waals surface area contributed by atoms with Gasteiger partial charge < -0.3 is 10.2 Å². The van der Waals surface area contributed by atoms with E-state index in [-0.39, 0.29) is 5.91 Å². The van der Waals surface area contributed by atoms with Gasteiger partial charge in [0.15, 0.2) is 5.16 Å². The van der Waals surface area contributed by atoms with Crippen molar-refractivity contribution in [2.45, 2.75) is 63.4 Å². The van der Waals surface area contributed by atoms with Crippen molar-refractivity contribution < 1.29 is 4.79 Å². The van der Waals surface area contributed by atoms with Gasteiger partial charge in [0, 0.05) is 42.2 Å². The van der Waals surface area contributed by atoms with E-state index in [1.807, 2.05) is 31.2 Å². The molecule has 1 aliphatic rings. The van der Waals surface area contributed by atoms with Crippen LogP contribution < -0.4 is 10.2 Å². The van der Waals surface area contributed by atoms with E-state index >= 15 is 0 Å². The normalized spacial score (nSPS) is 16.8. The molecule has 1 amide bonds. The number of nitrogens with zero attached hydrogens (tertiary/aromatic N) is 3. The molecule has 28 heavy (non-hydrogen) atoms. The Morgan fingerprint density at radius 2 is 2.11 bits per heavy atom. The van der Waals surface area contributed by atoms with Crippen LogP contribution in [0.3, 0.4) is 0 Å². The Bertz CT molecular complexity index is 811. The minimum atomic E-state index is -0.0278. The summed E-state index contributed by atoms with van der Waals surface area (Å²) in [6.45, 7) is 8.05. The first kappa shape index (κ1) is 20.6. The van der Waals surface area contributed by atoms with Gasteiger partial charge in [-0.3, -0.25) is 4.79 Å². The molecule has 1 saturated heterocycles. The van der Waals surface area contributed by atoms with Crippen LogP contribution in [0.2, 0.25) is 0 Å². The fourth-order valence-corrected chi connectivity index (χ4v) is 4.32. The molecule has 2 aromatic rings. The molecule has 1 aromatic carbocycles. The third-order valence-electron chi connectivity index (χ3n) is 5.10. The van der Waals surface area contributed by atoms with Crippen LogP contribution in [0, 0.1) is 0 Å². The Labute approximate surface area is 172 Å². The smallest absolute Gasteiger partial charge is 0.251 e. The van der Waals surface area contributed by atoms with Crippen molar-refractivity contribution in [1.29, 1.82) is 0 Å². The summed E-state index contributed by atoms with van der Waals surface area (Å²) in [5, 5.41) is 3.67. The molecule has 1 N–H and O–H groups in total. The zero-order chi connectivity index (χ0) is 19.9. The standard InChI is InChI=1S/C22H30N4OS/c1-4-19-14-20(26-12-7-6-9-16(26)3)25-22(24-19)28-15-17-10-8-11-18(13-17)21(27)23-5-2/h8,10-11,13-14,16H,4-7,9,12,15H2,1-3H3,(H,23,27).